The minimum absolute atomic E-state index is 0.00246. The number of unbranched alkanes of at least 4 members (excludes halogenated alkanes) is 17. The van der Waals surface area contributed by atoms with Crippen molar-refractivity contribution in [1.82, 2.24) is 10.2 Å². The van der Waals surface area contributed by atoms with Crippen LogP contribution in [0.15, 0.2) is 0 Å². The molecular weight excluding hydrogens is 673 g/mol. The van der Waals surface area contributed by atoms with Crippen molar-refractivity contribution in [2.75, 3.05) is 33.4 Å². The van der Waals surface area contributed by atoms with Crippen molar-refractivity contribution in [2.45, 2.75) is 240 Å². The SMILES string of the molecule is CCCCCCC(CC)COC(=O)CCCCCCCCC(CCCCCCCCC(=O)OCC(CCCC)CCCCCC)NCCCN(C)C(C)=O. The molecule has 0 spiro atoms. The van der Waals surface area contributed by atoms with Gasteiger partial charge in [-0.25, -0.2) is 0 Å². The van der Waals surface area contributed by atoms with Crippen molar-refractivity contribution in [3.05, 3.63) is 0 Å². The first kappa shape index (κ1) is 52.4. The van der Waals surface area contributed by atoms with Gasteiger partial charge in [0.25, 0.3) is 0 Å². The van der Waals surface area contributed by atoms with Crippen LogP contribution in [0.1, 0.15) is 234 Å². The number of ether oxygens (including phenoxy) is 2. The fourth-order valence-corrected chi connectivity index (χ4v) is 7.36. The van der Waals surface area contributed by atoms with Gasteiger partial charge in [0.2, 0.25) is 5.91 Å². The van der Waals surface area contributed by atoms with Gasteiger partial charge in [-0.15, -0.1) is 0 Å². The number of hydrogen-bond acceptors (Lipinski definition) is 6. The smallest absolute Gasteiger partial charge is 0.305 e. The maximum absolute atomic E-state index is 12.4. The lowest BCUT2D eigenvalue weighted by Gasteiger charge is -2.20. The number of nitrogens with one attached hydrogen (secondary N) is 1. The highest BCUT2D eigenvalue weighted by molar-refractivity contribution is 5.72. The van der Waals surface area contributed by atoms with Gasteiger partial charge >= 0.3 is 11.9 Å². The van der Waals surface area contributed by atoms with Gasteiger partial charge in [0.1, 0.15) is 0 Å². The van der Waals surface area contributed by atoms with Crippen LogP contribution in [0.4, 0.5) is 0 Å². The van der Waals surface area contributed by atoms with Crippen LogP contribution in [0.3, 0.4) is 0 Å². The molecule has 0 bridgehead atoms. The Morgan fingerprint density at radius 3 is 1.39 bits per heavy atom. The first-order valence-electron chi connectivity index (χ1n) is 23.5. The molecule has 320 valence electrons. The highest BCUT2D eigenvalue weighted by Gasteiger charge is 2.13. The second-order valence-corrected chi connectivity index (χ2v) is 16.6. The zero-order valence-electron chi connectivity index (χ0n) is 37.0. The molecule has 0 rings (SSSR count). The topological polar surface area (TPSA) is 84.9 Å². The first-order chi connectivity index (χ1) is 26.3. The molecule has 0 saturated heterocycles. The quantitative estimate of drug-likeness (QED) is 0.0493. The predicted octanol–water partition coefficient (Wildman–Crippen LogP) is 12.9. The Labute approximate surface area is 336 Å². The summed E-state index contributed by atoms with van der Waals surface area (Å²) < 4.78 is 11.3. The van der Waals surface area contributed by atoms with E-state index in [9.17, 15) is 14.4 Å². The Morgan fingerprint density at radius 2 is 0.907 bits per heavy atom. The van der Waals surface area contributed by atoms with Gasteiger partial charge in [-0.05, 0) is 69.7 Å². The van der Waals surface area contributed by atoms with Crippen LogP contribution in [0.2, 0.25) is 0 Å². The number of amides is 1. The number of carbonyl (C=O) groups excluding carboxylic acids is 3. The lowest BCUT2D eigenvalue weighted by molar-refractivity contribution is -0.146. The third-order valence-corrected chi connectivity index (χ3v) is 11.4. The Balaban J connectivity index is 4.22. The van der Waals surface area contributed by atoms with Gasteiger partial charge in [-0.3, -0.25) is 14.4 Å². The molecule has 0 fully saturated rings. The molecule has 1 N–H and O–H groups in total. The van der Waals surface area contributed by atoms with Crippen LogP contribution in [-0.4, -0.2) is 62.1 Å². The first-order valence-corrected chi connectivity index (χ1v) is 23.5. The highest BCUT2D eigenvalue weighted by Crippen LogP contribution is 2.20. The molecule has 0 aliphatic heterocycles. The van der Waals surface area contributed by atoms with Gasteiger partial charge in [-0.1, -0.05) is 163 Å². The molecule has 0 heterocycles. The van der Waals surface area contributed by atoms with E-state index in [0.717, 1.165) is 51.6 Å². The lowest BCUT2D eigenvalue weighted by atomic mass is 9.96. The summed E-state index contributed by atoms with van der Waals surface area (Å²) in [5.74, 6) is 1.16. The Bertz CT molecular complexity index is 852. The van der Waals surface area contributed by atoms with E-state index in [0.29, 0.717) is 43.9 Å². The van der Waals surface area contributed by atoms with E-state index < -0.39 is 0 Å². The molecule has 0 aromatic rings. The summed E-state index contributed by atoms with van der Waals surface area (Å²) in [6, 6.07) is 0.531. The second kappa shape index (κ2) is 39.6. The molecule has 0 aliphatic rings. The normalized spacial score (nSPS) is 13.1. The van der Waals surface area contributed by atoms with Crippen molar-refractivity contribution in [2.24, 2.45) is 11.8 Å². The molecule has 7 heteroatoms. The van der Waals surface area contributed by atoms with E-state index in [-0.39, 0.29) is 17.8 Å². The molecule has 0 saturated carbocycles. The Morgan fingerprint density at radius 1 is 0.500 bits per heavy atom. The van der Waals surface area contributed by atoms with Crippen molar-refractivity contribution < 1.29 is 23.9 Å². The summed E-state index contributed by atoms with van der Waals surface area (Å²) in [6.07, 6.45) is 35.7. The maximum atomic E-state index is 12.4. The van der Waals surface area contributed by atoms with Crippen LogP contribution in [-0.2, 0) is 23.9 Å². The second-order valence-electron chi connectivity index (χ2n) is 16.6. The van der Waals surface area contributed by atoms with Gasteiger partial charge in [-0.2, -0.15) is 0 Å². The molecule has 54 heavy (non-hydrogen) atoms. The summed E-state index contributed by atoms with van der Waals surface area (Å²) in [7, 11) is 1.88. The lowest BCUT2D eigenvalue weighted by Crippen LogP contribution is -2.33. The van der Waals surface area contributed by atoms with E-state index >= 15 is 0 Å². The highest BCUT2D eigenvalue weighted by atomic mass is 16.5. The molecule has 3 unspecified atom stereocenters. The number of nitrogens with zero attached hydrogens (tertiary/aromatic N) is 1. The van der Waals surface area contributed by atoms with E-state index in [1.807, 2.05) is 7.05 Å². The van der Waals surface area contributed by atoms with E-state index in [4.69, 9.17) is 9.47 Å². The molecule has 7 nitrogen and oxygen atoms in total. The van der Waals surface area contributed by atoms with Crippen molar-refractivity contribution >= 4 is 17.8 Å². The molecule has 0 aliphatic carbocycles. The zero-order chi connectivity index (χ0) is 39.9. The van der Waals surface area contributed by atoms with E-state index in [1.54, 1.807) is 11.8 Å². The molecular formula is C47H92N2O5. The van der Waals surface area contributed by atoms with Gasteiger partial charge < -0.3 is 19.7 Å². The minimum Gasteiger partial charge on any atom is -0.465 e. The molecule has 0 radical (unpaired) electrons. The van der Waals surface area contributed by atoms with Gasteiger partial charge in [0.15, 0.2) is 0 Å². The van der Waals surface area contributed by atoms with E-state index in [2.05, 4.69) is 33.0 Å². The Hall–Kier alpha value is -1.63. The fraction of sp³-hybridized carbons (Fsp3) is 0.936. The molecule has 1 amide bonds. The summed E-state index contributed by atoms with van der Waals surface area (Å²) in [5, 5.41) is 3.81. The summed E-state index contributed by atoms with van der Waals surface area (Å²) in [5.41, 5.74) is 0. The third-order valence-electron chi connectivity index (χ3n) is 11.4. The van der Waals surface area contributed by atoms with Crippen molar-refractivity contribution in [1.29, 1.82) is 0 Å². The number of carbonyl (C=O) groups is 3. The minimum atomic E-state index is -0.0139. The van der Waals surface area contributed by atoms with Crippen LogP contribution in [0.5, 0.6) is 0 Å². The number of rotatable bonds is 41. The van der Waals surface area contributed by atoms with Crippen molar-refractivity contribution in [3.63, 3.8) is 0 Å². The van der Waals surface area contributed by atoms with Crippen LogP contribution in [0, 0.1) is 11.8 Å². The zero-order valence-corrected chi connectivity index (χ0v) is 37.0. The van der Waals surface area contributed by atoms with Crippen LogP contribution < -0.4 is 5.32 Å². The number of hydrogen-bond donors (Lipinski definition) is 1. The number of esters is 2. The fourth-order valence-electron chi connectivity index (χ4n) is 7.36. The molecule has 3 atom stereocenters. The largest absolute Gasteiger partial charge is 0.465 e. The van der Waals surface area contributed by atoms with Crippen LogP contribution in [0.25, 0.3) is 0 Å². The van der Waals surface area contributed by atoms with Crippen molar-refractivity contribution in [3.8, 4) is 0 Å². The maximum Gasteiger partial charge on any atom is 0.305 e. The predicted molar refractivity (Wildman–Crippen MR) is 230 cm³/mol. The van der Waals surface area contributed by atoms with Gasteiger partial charge in [0, 0.05) is 39.4 Å². The standard InChI is InChI=1S/C47H92N2O5/c1-7-11-14-24-32-43(10-4)40-53-46(51)36-28-22-18-16-20-26-34-45(48-38-30-39-49(6)42(5)50)35-27-21-17-19-23-29-37-47(52)54-41-44(31-13-9-3)33-25-15-12-8-2/h43-45,48H,7-41H2,1-6H3. The average molecular weight is 765 g/mol. The molecule has 0 aromatic heterocycles. The summed E-state index contributed by atoms with van der Waals surface area (Å²) >= 11 is 0. The third kappa shape index (κ3) is 34.8. The summed E-state index contributed by atoms with van der Waals surface area (Å²) in [4.78, 5) is 38.1. The Kier molecular flexibility index (Phi) is 38.4. The molecule has 0 aromatic carbocycles. The van der Waals surface area contributed by atoms with E-state index in [1.165, 1.54) is 148 Å². The van der Waals surface area contributed by atoms with Crippen LogP contribution >= 0.6 is 0 Å². The summed E-state index contributed by atoms with van der Waals surface area (Å²) in [6.45, 7) is 13.5. The average Bonchev–Trinajstić information content (AvgIpc) is 3.16. The monoisotopic (exact) mass is 765 g/mol. The van der Waals surface area contributed by atoms with Gasteiger partial charge in [0.05, 0.1) is 13.2 Å².